The minimum absolute atomic E-state index is 0.169. The summed E-state index contributed by atoms with van der Waals surface area (Å²) in [5, 5.41) is 0. The third-order valence-electron chi connectivity index (χ3n) is 7.78. The highest BCUT2D eigenvalue weighted by Crippen LogP contribution is 2.41. The molecule has 8 heteroatoms. The van der Waals surface area contributed by atoms with E-state index in [1.165, 1.54) is 18.4 Å². The quantitative estimate of drug-likeness (QED) is 0.519. The maximum absolute atomic E-state index is 13.3. The van der Waals surface area contributed by atoms with Crippen molar-refractivity contribution >= 4 is 5.91 Å². The van der Waals surface area contributed by atoms with Crippen molar-refractivity contribution < 1.29 is 4.79 Å². The van der Waals surface area contributed by atoms with Crippen LogP contribution in [0.2, 0.25) is 0 Å². The summed E-state index contributed by atoms with van der Waals surface area (Å²) in [6.07, 6.45) is 10.8. The van der Waals surface area contributed by atoms with Crippen molar-refractivity contribution in [2.75, 3.05) is 26.2 Å². The minimum atomic E-state index is 0.169. The molecule has 2 fully saturated rings. The van der Waals surface area contributed by atoms with E-state index in [4.69, 9.17) is 0 Å². The monoisotopic (exact) mass is 475 g/mol. The van der Waals surface area contributed by atoms with E-state index in [1.807, 2.05) is 24.5 Å². The fourth-order valence-corrected chi connectivity index (χ4v) is 5.59. The standard InChI is InChI=1S/C27H37N7O/c1-21(2)33-14-7-27(8-15-33)9-16-34(20-27)26(35)23-5-3-22(4-6-23)17-32(18-24-28-10-11-29-24)19-25-30-12-13-31-25/h3-6,10-13,21H,7-9,14-20H2,1-2H3,(H,28,29)(H,30,31). The van der Waals surface area contributed by atoms with Gasteiger partial charge in [0.1, 0.15) is 11.6 Å². The Hall–Kier alpha value is -2.97. The van der Waals surface area contributed by atoms with Crippen LogP contribution in [0.5, 0.6) is 0 Å². The van der Waals surface area contributed by atoms with Gasteiger partial charge in [-0.1, -0.05) is 12.1 Å². The van der Waals surface area contributed by atoms with Gasteiger partial charge in [-0.2, -0.15) is 0 Å². The van der Waals surface area contributed by atoms with E-state index in [0.717, 1.165) is 56.4 Å². The number of carbonyl (C=O) groups excluding carboxylic acids is 1. The van der Waals surface area contributed by atoms with Crippen LogP contribution in [0.15, 0.2) is 49.1 Å². The Labute approximate surface area is 207 Å². The maximum atomic E-state index is 13.3. The molecule has 2 aliphatic rings. The van der Waals surface area contributed by atoms with Crippen LogP contribution in [0.1, 0.15) is 60.7 Å². The molecule has 1 spiro atoms. The molecular weight excluding hydrogens is 438 g/mol. The highest BCUT2D eigenvalue weighted by molar-refractivity contribution is 5.94. The van der Waals surface area contributed by atoms with Crippen LogP contribution >= 0.6 is 0 Å². The third-order valence-corrected chi connectivity index (χ3v) is 7.78. The van der Waals surface area contributed by atoms with Crippen molar-refractivity contribution in [2.45, 2.75) is 58.8 Å². The van der Waals surface area contributed by atoms with Gasteiger partial charge in [0.15, 0.2) is 0 Å². The molecule has 2 saturated heterocycles. The molecule has 2 N–H and O–H groups in total. The molecule has 2 aromatic heterocycles. The summed E-state index contributed by atoms with van der Waals surface area (Å²) in [5.41, 5.74) is 2.27. The molecule has 2 aliphatic heterocycles. The van der Waals surface area contributed by atoms with Crippen LogP contribution in [0.25, 0.3) is 0 Å². The molecule has 0 atom stereocenters. The Kier molecular flexibility index (Phi) is 7.02. The second-order valence-corrected chi connectivity index (χ2v) is 10.5. The molecule has 4 heterocycles. The highest BCUT2D eigenvalue weighted by Gasteiger charge is 2.42. The molecule has 0 saturated carbocycles. The zero-order chi connectivity index (χ0) is 24.3. The van der Waals surface area contributed by atoms with Crippen LogP contribution in [-0.2, 0) is 19.6 Å². The van der Waals surface area contributed by atoms with E-state index in [0.29, 0.717) is 24.5 Å². The molecule has 0 unspecified atom stereocenters. The van der Waals surface area contributed by atoms with Crippen LogP contribution in [0, 0.1) is 5.41 Å². The molecule has 0 bridgehead atoms. The van der Waals surface area contributed by atoms with Crippen LogP contribution in [-0.4, -0.2) is 72.8 Å². The fourth-order valence-electron chi connectivity index (χ4n) is 5.59. The van der Waals surface area contributed by atoms with E-state index >= 15 is 0 Å². The smallest absolute Gasteiger partial charge is 0.253 e. The predicted octanol–water partition coefficient (Wildman–Crippen LogP) is 3.67. The molecule has 186 valence electrons. The molecule has 0 aliphatic carbocycles. The minimum Gasteiger partial charge on any atom is -0.348 e. The average Bonchev–Trinajstić information content (AvgIpc) is 3.63. The summed E-state index contributed by atoms with van der Waals surface area (Å²) in [7, 11) is 0. The van der Waals surface area contributed by atoms with E-state index in [2.05, 4.69) is 60.6 Å². The lowest BCUT2D eigenvalue weighted by Gasteiger charge is -2.41. The van der Waals surface area contributed by atoms with E-state index in [9.17, 15) is 4.79 Å². The van der Waals surface area contributed by atoms with Crippen molar-refractivity contribution in [3.05, 3.63) is 71.8 Å². The van der Waals surface area contributed by atoms with E-state index in [-0.39, 0.29) is 5.91 Å². The summed E-state index contributed by atoms with van der Waals surface area (Å²) in [6, 6.07) is 8.75. The molecule has 35 heavy (non-hydrogen) atoms. The normalized spacial score (nSPS) is 18.2. The number of rotatable bonds is 8. The number of imidazole rings is 2. The van der Waals surface area contributed by atoms with Crippen molar-refractivity contribution in [2.24, 2.45) is 5.41 Å². The summed E-state index contributed by atoms with van der Waals surface area (Å²) in [4.78, 5) is 35.3. The van der Waals surface area contributed by atoms with Gasteiger partial charge in [0.25, 0.3) is 5.91 Å². The summed E-state index contributed by atoms with van der Waals surface area (Å²) in [5.74, 6) is 2.01. The van der Waals surface area contributed by atoms with Gasteiger partial charge in [-0.05, 0) is 69.3 Å². The van der Waals surface area contributed by atoms with Crippen LogP contribution in [0.3, 0.4) is 0 Å². The number of hydrogen-bond donors (Lipinski definition) is 2. The van der Waals surface area contributed by atoms with E-state index in [1.54, 1.807) is 12.4 Å². The number of hydrogen-bond acceptors (Lipinski definition) is 5. The zero-order valence-corrected chi connectivity index (χ0v) is 20.9. The molecule has 3 aromatic rings. The number of nitrogens with zero attached hydrogens (tertiary/aromatic N) is 5. The van der Waals surface area contributed by atoms with Gasteiger partial charge in [-0.25, -0.2) is 9.97 Å². The lowest BCUT2D eigenvalue weighted by molar-refractivity contribution is 0.0681. The first-order chi connectivity index (χ1) is 17.0. The number of carbonyl (C=O) groups is 1. The highest BCUT2D eigenvalue weighted by atomic mass is 16.2. The zero-order valence-electron chi connectivity index (χ0n) is 20.9. The first kappa shape index (κ1) is 23.8. The SMILES string of the molecule is CC(C)N1CCC2(CCN(C(=O)c3ccc(CN(Cc4ncc[nH]4)Cc4ncc[nH]4)cc3)C2)CC1. The van der Waals surface area contributed by atoms with Crippen LogP contribution in [0.4, 0.5) is 0 Å². The Balaban J connectivity index is 1.20. The number of aromatic nitrogens is 4. The van der Waals surface area contributed by atoms with Gasteiger partial charge in [0.05, 0.1) is 13.1 Å². The molecule has 5 rings (SSSR count). The van der Waals surface area contributed by atoms with Crippen molar-refractivity contribution in [1.29, 1.82) is 0 Å². The maximum Gasteiger partial charge on any atom is 0.253 e. The van der Waals surface area contributed by atoms with Crippen molar-refractivity contribution in [3.63, 3.8) is 0 Å². The van der Waals surface area contributed by atoms with Gasteiger partial charge in [-0.3, -0.25) is 9.69 Å². The second-order valence-electron chi connectivity index (χ2n) is 10.5. The molecule has 0 radical (unpaired) electrons. The Morgan fingerprint density at radius 3 is 2.09 bits per heavy atom. The number of benzene rings is 1. The first-order valence-electron chi connectivity index (χ1n) is 12.8. The van der Waals surface area contributed by atoms with Crippen molar-refractivity contribution in [1.82, 2.24) is 34.6 Å². The van der Waals surface area contributed by atoms with Gasteiger partial charge in [0.2, 0.25) is 0 Å². The van der Waals surface area contributed by atoms with Crippen molar-refractivity contribution in [3.8, 4) is 0 Å². The fraction of sp³-hybridized carbons (Fsp3) is 0.519. The third kappa shape index (κ3) is 5.65. The summed E-state index contributed by atoms with van der Waals surface area (Å²) >= 11 is 0. The summed E-state index contributed by atoms with van der Waals surface area (Å²) < 4.78 is 0. The topological polar surface area (TPSA) is 84.2 Å². The van der Waals surface area contributed by atoms with Gasteiger partial charge < -0.3 is 19.8 Å². The molecule has 1 aromatic carbocycles. The number of H-pyrrole nitrogens is 2. The Bertz CT molecular complexity index is 1030. The Morgan fingerprint density at radius 2 is 1.54 bits per heavy atom. The molecule has 1 amide bonds. The number of likely N-dealkylation sites (tertiary alicyclic amines) is 2. The van der Waals surface area contributed by atoms with Gasteiger partial charge >= 0.3 is 0 Å². The lowest BCUT2D eigenvalue weighted by atomic mass is 9.77. The number of piperidine rings is 1. The summed E-state index contributed by atoms with van der Waals surface area (Å²) in [6.45, 7) is 10.8. The lowest BCUT2D eigenvalue weighted by Crippen LogP contribution is -2.44. The number of amides is 1. The molecule has 8 nitrogen and oxygen atoms in total. The predicted molar refractivity (Wildman–Crippen MR) is 135 cm³/mol. The number of nitrogens with one attached hydrogen (secondary N) is 2. The second kappa shape index (κ2) is 10.3. The first-order valence-corrected chi connectivity index (χ1v) is 12.8. The van der Waals surface area contributed by atoms with Gasteiger partial charge in [-0.15, -0.1) is 0 Å². The number of aromatic amines is 2. The van der Waals surface area contributed by atoms with Crippen LogP contribution < -0.4 is 0 Å². The Morgan fingerprint density at radius 1 is 0.943 bits per heavy atom. The molecular formula is C27H37N7O. The average molecular weight is 476 g/mol. The van der Waals surface area contributed by atoms with E-state index < -0.39 is 0 Å². The largest absolute Gasteiger partial charge is 0.348 e. The van der Waals surface area contributed by atoms with Gasteiger partial charge in [0, 0.05) is 56.0 Å².